The van der Waals surface area contributed by atoms with E-state index in [1.165, 1.54) is 37.8 Å². The smallest absolute Gasteiger partial charge is 0.335 e. The average molecular weight is 346 g/mol. The molecule has 7 heteroatoms. The highest BCUT2D eigenvalue weighted by Gasteiger charge is 2.19. The number of ether oxygens (including phenoxy) is 1. The lowest BCUT2D eigenvalue weighted by Gasteiger charge is -2.23. The van der Waals surface area contributed by atoms with Crippen LogP contribution in [0.3, 0.4) is 0 Å². The molecule has 1 aromatic carbocycles. The van der Waals surface area contributed by atoms with Crippen molar-refractivity contribution in [2.75, 3.05) is 12.4 Å². The summed E-state index contributed by atoms with van der Waals surface area (Å²) in [5.74, 6) is -2.07. The minimum Gasteiger partial charge on any atom is -0.478 e. The summed E-state index contributed by atoms with van der Waals surface area (Å²) in [6, 6.07) is 5.99. The quantitative estimate of drug-likeness (QED) is 0.539. The summed E-state index contributed by atoms with van der Waals surface area (Å²) in [5.41, 5.74) is 0.690. The van der Waals surface area contributed by atoms with Gasteiger partial charge >= 0.3 is 11.9 Å². The monoisotopic (exact) mass is 346 g/mol. The third-order valence-electron chi connectivity index (χ3n) is 4.06. The first-order chi connectivity index (χ1) is 12.0. The third-order valence-corrected chi connectivity index (χ3v) is 4.06. The molecule has 3 N–H and O–H groups in total. The van der Waals surface area contributed by atoms with E-state index in [9.17, 15) is 14.4 Å². The fraction of sp³-hybridized carbons (Fsp3) is 0.389. The summed E-state index contributed by atoms with van der Waals surface area (Å²) in [5, 5.41) is 14.7. The molecule has 0 spiro atoms. The SMILES string of the molecule is COC(=O)/C=C(\Nc1ccc(C(=O)O)cc1)C(=O)NC1CCCCC1. The fourth-order valence-electron chi connectivity index (χ4n) is 2.70. The van der Waals surface area contributed by atoms with Crippen molar-refractivity contribution in [3.8, 4) is 0 Å². The molecule has 1 aliphatic carbocycles. The van der Waals surface area contributed by atoms with E-state index in [-0.39, 0.29) is 23.2 Å². The topological polar surface area (TPSA) is 105 Å². The van der Waals surface area contributed by atoms with Gasteiger partial charge in [0.25, 0.3) is 5.91 Å². The van der Waals surface area contributed by atoms with E-state index in [1.807, 2.05) is 0 Å². The maximum atomic E-state index is 12.5. The Kier molecular flexibility index (Phi) is 6.56. The van der Waals surface area contributed by atoms with E-state index in [0.717, 1.165) is 31.8 Å². The molecule has 1 saturated carbocycles. The molecule has 2 rings (SSSR count). The average Bonchev–Trinajstić information content (AvgIpc) is 2.62. The molecule has 0 aromatic heterocycles. The van der Waals surface area contributed by atoms with Gasteiger partial charge in [-0.15, -0.1) is 0 Å². The Bertz CT molecular complexity index is 661. The summed E-state index contributed by atoms with van der Waals surface area (Å²) in [6.07, 6.45) is 6.25. The minimum atomic E-state index is -1.04. The lowest BCUT2D eigenvalue weighted by atomic mass is 9.95. The summed E-state index contributed by atoms with van der Waals surface area (Å²) in [6.45, 7) is 0. The molecule has 0 heterocycles. The van der Waals surface area contributed by atoms with Gasteiger partial charge in [0.2, 0.25) is 0 Å². The number of methoxy groups -OCH3 is 1. The van der Waals surface area contributed by atoms with Gasteiger partial charge in [0.15, 0.2) is 0 Å². The predicted octanol–water partition coefficient (Wildman–Crippen LogP) is 2.30. The van der Waals surface area contributed by atoms with Crippen molar-refractivity contribution in [2.45, 2.75) is 38.1 Å². The zero-order chi connectivity index (χ0) is 18.2. The molecular formula is C18H22N2O5. The predicted molar refractivity (Wildman–Crippen MR) is 92.1 cm³/mol. The Morgan fingerprint density at radius 2 is 1.76 bits per heavy atom. The van der Waals surface area contributed by atoms with Crippen molar-refractivity contribution in [3.63, 3.8) is 0 Å². The Morgan fingerprint density at radius 3 is 2.32 bits per heavy atom. The highest BCUT2D eigenvalue weighted by atomic mass is 16.5. The van der Waals surface area contributed by atoms with Gasteiger partial charge in [0.1, 0.15) is 5.70 Å². The number of carbonyl (C=O) groups is 3. The standard InChI is InChI=1S/C18H22N2O5/c1-25-16(21)11-15(17(22)20-13-5-3-2-4-6-13)19-14-9-7-12(8-10-14)18(23)24/h7-11,13,19H,2-6H2,1H3,(H,20,22)(H,23,24)/b15-11-. The third kappa shape index (κ3) is 5.63. The van der Waals surface area contributed by atoms with Gasteiger partial charge in [0, 0.05) is 11.7 Å². The summed E-state index contributed by atoms with van der Waals surface area (Å²) >= 11 is 0. The van der Waals surface area contributed by atoms with Crippen molar-refractivity contribution in [1.29, 1.82) is 0 Å². The van der Waals surface area contributed by atoms with Crippen molar-refractivity contribution < 1.29 is 24.2 Å². The van der Waals surface area contributed by atoms with Crippen molar-refractivity contribution in [3.05, 3.63) is 41.6 Å². The van der Waals surface area contributed by atoms with Gasteiger partial charge < -0.3 is 20.5 Å². The first-order valence-corrected chi connectivity index (χ1v) is 8.20. The van der Waals surface area contributed by atoms with E-state index in [2.05, 4.69) is 15.4 Å². The first kappa shape index (κ1) is 18.5. The van der Waals surface area contributed by atoms with E-state index >= 15 is 0 Å². The Morgan fingerprint density at radius 1 is 1.12 bits per heavy atom. The number of amides is 1. The lowest BCUT2D eigenvalue weighted by Crippen LogP contribution is -2.38. The Labute approximate surface area is 146 Å². The molecular weight excluding hydrogens is 324 g/mol. The van der Waals surface area contributed by atoms with Crippen LogP contribution < -0.4 is 10.6 Å². The van der Waals surface area contributed by atoms with Gasteiger partial charge in [-0.25, -0.2) is 9.59 Å². The van der Waals surface area contributed by atoms with E-state index in [1.54, 1.807) is 0 Å². The van der Waals surface area contributed by atoms with Crippen LogP contribution in [-0.2, 0) is 14.3 Å². The number of benzene rings is 1. The largest absolute Gasteiger partial charge is 0.478 e. The minimum absolute atomic E-state index is 0.0560. The van der Waals surface area contributed by atoms with Gasteiger partial charge in [-0.1, -0.05) is 19.3 Å². The van der Waals surface area contributed by atoms with Gasteiger partial charge in [-0.3, -0.25) is 4.79 Å². The van der Waals surface area contributed by atoms with Gasteiger partial charge in [0.05, 0.1) is 18.7 Å². The number of anilines is 1. The lowest BCUT2D eigenvalue weighted by molar-refractivity contribution is -0.135. The molecule has 1 fully saturated rings. The number of esters is 1. The Hall–Kier alpha value is -2.83. The van der Waals surface area contributed by atoms with Crippen LogP contribution in [0.2, 0.25) is 0 Å². The van der Waals surface area contributed by atoms with Gasteiger partial charge in [-0.05, 0) is 37.1 Å². The molecule has 134 valence electrons. The Balaban J connectivity index is 2.11. The summed E-state index contributed by atoms with van der Waals surface area (Å²) in [4.78, 5) is 34.9. The number of hydrogen-bond donors (Lipinski definition) is 3. The molecule has 25 heavy (non-hydrogen) atoms. The number of aromatic carboxylic acids is 1. The molecule has 1 aromatic rings. The maximum absolute atomic E-state index is 12.5. The molecule has 0 saturated heterocycles. The second-order valence-corrected chi connectivity index (χ2v) is 5.90. The normalized spacial score (nSPS) is 15.3. The summed E-state index contributed by atoms with van der Waals surface area (Å²) in [7, 11) is 1.23. The maximum Gasteiger partial charge on any atom is 0.335 e. The molecule has 1 aliphatic rings. The number of carboxylic acids is 1. The van der Waals surface area contributed by atoms with Crippen LogP contribution in [0.25, 0.3) is 0 Å². The highest BCUT2D eigenvalue weighted by Crippen LogP contribution is 2.18. The molecule has 7 nitrogen and oxygen atoms in total. The van der Waals surface area contributed by atoms with Crippen LogP contribution in [0.1, 0.15) is 42.5 Å². The van der Waals surface area contributed by atoms with Crippen LogP contribution in [0.15, 0.2) is 36.0 Å². The molecule has 0 aliphatic heterocycles. The van der Waals surface area contributed by atoms with Crippen molar-refractivity contribution in [1.82, 2.24) is 5.32 Å². The van der Waals surface area contributed by atoms with Crippen LogP contribution in [-0.4, -0.2) is 36.1 Å². The number of hydrogen-bond acceptors (Lipinski definition) is 5. The van der Waals surface area contributed by atoms with E-state index in [4.69, 9.17) is 5.11 Å². The molecule has 0 bridgehead atoms. The van der Waals surface area contributed by atoms with Crippen LogP contribution in [0, 0.1) is 0 Å². The van der Waals surface area contributed by atoms with Crippen molar-refractivity contribution >= 4 is 23.5 Å². The zero-order valence-corrected chi connectivity index (χ0v) is 14.1. The van der Waals surface area contributed by atoms with E-state index in [0.29, 0.717) is 5.69 Å². The molecule has 0 radical (unpaired) electrons. The number of carbonyl (C=O) groups excluding carboxylic acids is 2. The molecule has 1 amide bonds. The van der Waals surface area contributed by atoms with Crippen LogP contribution in [0.5, 0.6) is 0 Å². The fourth-order valence-corrected chi connectivity index (χ4v) is 2.70. The van der Waals surface area contributed by atoms with Crippen LogP contribution in [0.4, 0.5) is 5.69 Å². The second kappa shape index (κ2) is 8.86. The summed E-state index contributed by atoms with van der Waals surface area (Å²) < 4.78 is 4.60. The van der Waals surface area contributed by atoms with Crippen molar-refractivity contribution in [2.24, 2.45) is 0 Å². The number of rotatable bonds is 6. The first-order valence-electron chi connectivity index (χ1n) is 8.20. The molecule has 0 atom stereocenters. The van der Waals surface area contributed by atoms with Crippen LogP contribution >= 0.6 is 0 Å². The number of nitrogens with one attached hydrogen (secondary N) is 2. The molecule has 0 unspecified atom stereocenters. The van der Waals surface area contributed by atoms with Gasteiger partial charge in [-0.2, -0.15) is 0 Å². The number of carboxylic acid groups (broad SMARTS) is 1. The van der Waals surface area contributed by atoms with E-state index < -0.39 is 11.9 Å². The highest BCUT2D eigenvalue weighted by molar-refractivity contribution is 6.02. The second-order valence-electron chi connectivity index (χ2n) is 5.90. The zero-order valence-electron chi connectivity index (χ0n) is 14.1.